The maximum atomic E-state index is 12.4. The number of carbonyl (C=O) groups excluding carboxylic acids is 1. The Morgan fingerprint density at radius 3 is 2.52 bits per heavy atom. The van der Waals surface area contributed by atoms with Crippen LogP contribution < -0.4 is 5.43 Å². The third kappa shape index (κ3) is 4.84. The number of benzene rings is 1. The highest BCUT2D eigenvalue weighted by Gasteiger charge is 2.26. The Balaban J connectivity index is 2.17. The molecule has 1 heterocycles. The Labute approximate surface area is 160 Å². The molecule has 5 nitrogen and oxygen atoms in total. The fraction of sp³-hybridized carbons (Fsp3) is 0.250. The molecule has 0 bridgehead atoms. The molecule has 0 spiro atoms. The Bertz CT molecular complexity index is 888. The van der Waals surface area contributed by atoms with E-state index in [-0.39, 0.29) is 4.90 Å². The van der Waals surface area contributed by atoms with Crippen LogP contribution in [0.4, 0.5) is 0 Å². The van der Waals surface area contributed by atoms with E-state index in [1.54, 1.807) is 44.4 Å². The number of hydrazone groups is 1. The number of nitrogens with zero attached hydrogens (tertiary/aromatic N) is 1. The van der Waals surface area contributed by atoms with Crippen molar-refractivity contribution in [3.05, 3.63) is 45.8 Å². The second-order valence-electron chi connectivity index (χ2n) is 5.31. The standard InChI is InChI=1S/C16H17ClN2O3S3/c1-10(2)25(21,22)14-8-13(24-16(14)23-3)15(20)19-18-9-11-4-6-12(17)7-5-11/h4-10H,1-3H3,(H,19,20)/b18-9+. The Morgan fingerprint density at radius 1 is 1.32 bits per heavy atom. The first kappa shape index (κ1) is 20.0. The van der Waals surface area contributed by atoms with Gasteiger partial charge in [0.05, 0.1) is 25.4 Å². The van der Waals surface area contributed by atoms with Gasteiger partial charge < -0.3 is 0 Å². The van der Waals surface area contributed by atoms with Gasteiger partial charge >= 0.3 is 0 Å². The van der Waals surface area contributed by atoms with Crippen LogP contribution >= 0.6 is 34.7 Å². The van der Waals surface area contributed by atoms with Crippen LogP contribution in [0.3, 0.4) is 0 Å². The van der Waals surface area contributed by atoms with E-state index in [9.17, 15) is 13.2 Å². The van der Waals surface area contributed by atoms with Gasteiger partial charge in [-0.25, -0.2) is 13.8 Å². The van der Waals surface area contributed by atoms with Crippen LogP contribution in [0.1, 0.15) is 29.1 Å². The minimum atomic E-state index is -3.44. The van der Waals surface area contributed by atoms with E-state index >= 15 is 0 Å². The van der Waals surface area contributed by atoms with Gasteiger partial charge in [-0.15, -0.1) is 23.1 Å². The number of amides is 1. The second-order valence-corrected chi connectivity index (χ2v) is 10.3. The fourth-order valence-electron chi connectivity index (χ4n) is 1.83. The minimum Gasteiger partial charge on any atom is -0.266 e. The maximum absolute atomic E-state index is 12.4. The molecule has 134 valence electrons. The molecule has 1 amide bonds. The van der Waals surface area contributed by atoms with Crippen molar-refractivity contribution in [2.75, 3.05) is 6.26 Å². The van der Waals surface area contributed by atoms with Gasteiger partial charge in [0.15, 0.2) is 9.84 Å². The molecule has 25 heavy (non-hydrogen) atoms. The molecule has 1 aromatic heterocycles. The first-order chi connectivity index (χ1) is 11.8. The summed E-state index contributed by atoms with van der Waals surface area (Å²) in [7, 11) is -3.44. The zero-order valence-corrected chi connectivity index (χ0v) is 17.0. The van der Waals surface area contributed by atoms with Crippen molar-refractivity contribution in [1.82, 2.24) is 5.43 Å². The lowest BCUT2D eigenvalue weighted by molar-refractivity contribution is 0.0959. The van der Waals surface area contributed by atoms with Crippen molar-refractivity contribution in [1.29, 1.82) is 0 Å². The van der Waals surface area contributed by atoms with Crippen LogP contribution in [-0.2, 0) is 9.84 Å². The van der Waals surface area contributed by atoms with Gasteiger partial charge in [-0.2, -0.15) is 5.10 Å². The molecule has 2 rings (SSSR count). The zero-order chi connectivity index (χ0) is 18.6. The average molecular weight is 417 g/mol. The van der Waals surface area contributed by atoms with Gasteiger partial charge in [0.1, 0.15) is 0 Å². The second kappa shape index (κ2) is 8.35. The van der Waals surface area contributed by atoms with Crippen molar-refractivity contribution in [2.45, 2.75) is 28.2 Å². The number of hydrogen-bond acceptors (Lipinski definition) is 6. The van der Waals surface area contributed by atoms with E-state index in [1.807, 2.05) is 0 Å². The number of sulfone groups is 1. The summed E-state index contributed by atoms with van der Waals surface area (Å²) in [6.45, 7) is 3.24. The van der Waals surface area contributed by atoms with Crippen LogP contribution in [0.2, 0.25) is 5.02 Å². The van der Waals surface area contributed by atoms with Gasteiger partial charge in [0.2, 0.25) is 0 Å². The van der Waals surface area contributed by atoms with E-state index in [2.05, 4.69) is 10.5 Å². The SMILES string of the molecule is CSc1sc(C(=O)N/N=C/c2ccc(Cl)cc2)cc1S(=O)(=O)C(C)C. The molecule has 0 saturated heterocycles. The van der Waals surface area contributed by atoms with Crippen LogP contribution in [0.15, 0.2) is 44.5 Å². The van der Waals surface area contributed by atoms with Gasteiger partial charge in [-0.3, -0.25) is 4.79 Å². The smallest absolute Gasteiger partial charge is 0.266 e. The van der Waals surface area contributed by atoms with E-state index in [0.29, 0.717) is 14.1 Å². The summed E-state index contributed by atoms with van der Waals surface area (Å²) in [5.41, 5.74) is 3.19. The molecule has 9 heteroatoms. The first-order valence-corrected chi connectivity index (χ1v) is 11.2. The number of halogens is 1. The maximum Gasteiger partial charge on any atom is 0.281 e. The molecule has 0 saturated carbocycles. The number of thioether (sulfide) groups is 1. The van der Waals surface area contributed by atoms with Gasteiger partial charge in [-0.05, 0) is 43.9 Å². The van der Waals surface area contributed by atoms with E-state index in [1.165, 1.54) is 24.0 Å². The normalized spacial score (nSPS) is 12.0. The third-order valence-electron chi connectivity index (χ3n) is 3.25. The van der Waals surface area contributed by atoms with Crippen LogP contribution in [-0.4, -0.2) is 32.0 Å². The van der Waals surface area contributed by atoms with Crippen LogP contribution in [0, 0.1) is 0 Å². The summed E-state index contributed by atoms with van der Waals surface area (Å²) in [5.74, 6) is -0.448. The molecule has 0 atom stereocenters. The molecule has 2 aromatic rings. The van der Waals surface area contributed by atoms with E-state index in [4.69, 9.17) is 11.6 Å². The summed E-state index contributed by atoms with van der Waals surface area (Å²) in [5, 5.41) is 3.96. The molecule has 1 N–H and O–H groups in total. The van der Waals surface area contributed by atoms with Crippen LogP contribution in [0.25, 0.3) is 0 Å². The Kier molecular flexibility index (Phi) is 6.67. The Morgan fingerprint density at radius 2 is 1.96 bits per heavy atom. The third-order valence-corrected chi connectivity index (χ3v) is 8.21. The zero-order valence-electron chi connectivity index (χ0n) is 13.8. The molecule has 0 unspecified atom stereocenters. The largest absolute Gasteiger partial charge is 0.281 e. The highest BCUT2D eigenvalue weighted by molar-refractivity contribution is 8.01. The molecule has 1 aromatic carbocycles. The quantitative estimate of drug-likeness (QED) is 0.437. The summed E-state index contributed by atoms with van der Waals surface area (Å²) in [4.78, 5) is 12.7. The van der Waals surface area contributed by atoms with Crippen molar-refractivity contribution < 1.29 is 13.2 Å². The van der Waals surface area contributed by atoms with Gasteiger partial charge in [0.25, 0.3) is 5.91 Å². The monoisotopic (exact) mass is 416 g/mol. The van der Waals surface area contributed by atoms with Gasteiger partial charge in [-0.1, -0.05) is 23.7 Å². The van der Waals surface area contributed by atoms with Crippen LogP contribution in [0.5, 0.6) is 0 Å². The van der Waals surface area contributed by atoms with Gasteiger partial charge in [0, 0.05) is 5.02 Å². The van der Waals surface area contributed by atoms with Crippen molar-refractivity contribution in [2.24, 2.45) is 5.10 Å². The predicted octanol–water partition coefficient (Wildman–Crippen LogP) is 4.07. The van der Waals surface area contributed by atoms with E-state index < -0.39 is 21.0 Å². The number of nitrogens with one attached hydrogen (secondary N) is 1. The van der Waals surface area contributed by atoms with Crippen molar-refractivity contribution >= 4 is 56.7 Å². The summed E-state index contributed by atoms with van der Waals surface area (Å²) in [6, 6.07) is 8.39. The Hall–Kier alpha value is -1.35. The number of hydrogen-bond donors (Lipinski definition) is 1. The van der Waals surface area contributed by atoms with E-state index in [0.717, 1.165) is 16.9 Å². The first-order valence-electron chi connectivity index (χ1n) is 7.26. The fourth-order valence-corrected chi connectivity index (χ4v) is 5.67. The highest BCUT2D eigenvalue weighted by Crippen LogP contribution is 2.35. The number of rotatable bonds is 6. The molecule has 0 radical (unpaired) electrons. The minimum absolute atomic E-state index is 0.201. The lowest BCUT2D eigenvalue weighted by atomic mass is 10.2. The molecule has 0 aliphatic carbocycles. The molecular formula is C16H17ClN2O3S3. The number of carbonyl (C=O) groups is 1. The van der Waals surface area contributed by atoms with Crippen molar-refractivity contribution in [3.63, 3.8) is 0 Å². The molecular weight excluding hydrogens is 400 g/mol. The lowest BCUT2D eigenvalue weighted by Crippen LogP contribution is -2.17. The predicted molar refractivity (Wildman–Crippen MR) is 105 cm³/mol. The molecule has 0 aliphatic heterocycles. The summed E-state index contributed by atoms with van der Waals surface area (Å²) < 4.78 is 25.4. The lowest BCUT2D eigenvalue weighted by Gasteiger charge is -2.06. The molecule has 0 aliphatic rings. The molecule has 0 fully saturated rings. The average Bonchev–Trinajstić information content (AvgIpc) is 3.01. The number of thiophene rings is 1. The summed E-state index contributed by atoms with van der Waals surface area (Å²) >= 11 is 8.25. The van der Waals surface area contributed by atoms with Crippen molar-refractivity contribution in [3.8, 4) is 0 Å². The topological polar surface area (TPSA) is 75.6 Å². The highest BCUT2D eigenvalue weighted by atomic mass is 35.5. The summed E-state index contributed by atoms with van der Waals surface area (Å²) in [6.07, 6.45) is 3.27.